The monoisotopic (exact) mass is 786 g/mol. The summed E-state index contributed by atoms with van der Waals surface area (Å²) in [5.41, 5.74) is 7.21. The summed E-state index contributed by atoms with van der Waals surface area (Å²) in [6.45, 7) is 12.3. The van der Waals surface area contributed by atoms with Crippen molar-refractivity contribution in [2.24, 2.45) is 11.8 Å². The van der Waals surface area contributed by atoms with Gasteiger partial charge in [0.05, 0.1) is 38.0 Å². The van der Waals surface area contributed by atoms with Gasteiger partial charge in [-0.15, -0.1) is 0 Å². The van der Waals surface area contributed by atoms with Crippen molar-refractivity contribution in [1.29, 1.82) is 0 Å². The van der Waals surface area contributed by atoms with Gasteiger partial charge in [0.2, 0.25) is 11.8 Å². The molecule has 6 rings (SSSR count). The summed E-state index contributed by atoms with van der Waals surface area (Å²) in [6, 6.07) is 13.4. The fourth-order valence-electron chi connectivity index (χ4n) is 7.08. The predicted molar refractivity (Wildman–Crippen MR) is 219 cm³/mol. The van der Waals surface area contributed by atoms with E-state index in [2.05, 4.69) is 42.4 Å². The van der Waals surface area contributed by atoms with E-state index in [1.54, 1.807) is 22.2 Å². The molecule has 0 fully saturated rings. The van der Waals surface area contributed by atoms with E-state index in [0.717, 1.165) is 44.8 Å². The largest absolute Gasteiger partial charge is 0.453 e. The van der Waals surface area contributed by atoms with E-state index in [1.807, 2.05) is 102 Å². The molecule has 14 nitrogen and oxygen atoms in total. The maximum atomic E-state index is 13.6. The molecule has 0 saturated carbocycles. The molecule has 4 aromatic rings. The van der Waals surface area contributed by atoms with E-state index in [9.17, 15) is 19.2 Å². The lowest BCUT2D eigenvalue weighted by Gasteiger charge is -2.30. The van der Waals surface area contributed by atoms with Gasteiger partial charge in [0.1, 0.15) is 35.8 Å². The third kappa shape index (κ3) is 9.15. The summed E-state index contributed by atoms with van der Waals surface area (Å²) in [6.07, 6.45) is 6.24. The molecule has 0 spiro atoms. The molecule has 2 aromatic heterocycles. The number of H-pyrrole nitrogens is 2. The lowest BCUT2D eigenvalue weighted by Crippen LogP contribution is -2.51. The number of carbonyl (C=O) groups excluding carboxylic acids is 4. The summed E-state index contributed by atoms with van der Waals surface area (Å²) >= 11 is 0. The van der Waals surface area contributed by atoms with Crippen LogP contribution in [0.2, 0.25) is 0 Å². The second-order valence-corrected chi connectivity index (χ2v) is 15.3. The van der Waals surface area contributed by atoms with Gasteiger partial charge in [-0.3, -0.25) is 9.59 Å². The number of nitrogens with zero attached hydrogens (tertiary/aromatic N) is 4. The van der Waals surface area contributed by atoms with Crippen LogP contribution in [0.15, 0.2) is 84.2 Å². The molecule has 0 saturated heterocycles. The van der Waals surface area contributed by atoms with E-state index in [1.165, 1.54) is 14.2 Å². The van der Waals surface area contributed by atoms with Crippen molar-refractivity contribution >= 4 is 24.0 Å². The number of carbonyl (C=O) groups is 4. The summed E-state index contributed by atoms with van der Waals surface area (Å²) in [5.74, 6) is 7.05. The molecule has 4 N–H and O–H groups in total. The van der Waals surface area contributed by atoms with Crippen LogP contribution in [0.4, 0.5) is 9.59 Å². The van der Waals surface area contributed by atoms with Crippen LogP contribution in [0.5, 0.6) is 0 Å². The fraction of sp³-hybridized carbons (Fsp3) is 0.364. The van der Waals surface area contributed by atoms with Crippen molar-refractivity contribution in [2.75, 3.05) is 27.3 Å². The van der Waals surface area contributed by atoms with Crippen LogP contribution in [-0.2, 0) is 19.1 Å². The Kier molecular flexibility index (Phi) is 12.5. The van der Waals surface area contributed by atoms with Gasteiger partial charge in [-0.2, -0.15) is 0 Å². The third-order valence-corrected chi connectivity index (χ3v) is 10.2. The molecule has 2 aliphatic heterocycles. The number of imidazole rings is 2. The van der Waals surface area contributed by atoms with Crippen molar-refractivity contribution in [1.82, 2.24) is 40.4 Å². The lowest BCUT2D eigenvalue weighted by atomic mass is 10.0. The third-order valence-electron chi connectivity index (χ3n) is 10.2. The molecule has 2 aromatic carbocycles. The van der Waals surface area contributed by atoms with Gasteiger partial charge in [0.25, 0.3) is 0 Å². The van der Waals surface area contributed by atoms with Crippen molar-refractivity contribution < 1.29 is 28.7 Å². The number of amides is 4. The first-order valence-corrected chi connectivity index (χ1v) is 19.2. The molecule has 0 bridgehead atoms. The van der Waals surface area contributed by atoms with Gasteiger partial charge in [-0.1, -0.05) is 87.1 Å². The van der Waals surface area contributed by atoms with Crippen LogP contribution in [0.1, 0.15) is 76.4 Å². The summed E-state index contributed by atoms with van der Waals surface area (Å²) in [5, 5.41) is 5.35. The smallest absolute Gasteiger partial charge is 0.407 e. The van der Waals surface area contributed by atoms with Crippen molar-refractivity contribution in [3.8, 4) is 34.4 Å². The van der Waals surface area contributed by atoms with Crippen LogP contribution in [0.25, 0.3) is 22.5 Å². The molecule has 4 unspecified atom stereocenters. The van der Waals surface area contributed by atoms with Gasteiger partial charge in [0, 0.05) is 24.2 Å². The Hall–Kier alpha value is -6.62. The van der Waals surface area contributed by atoms with Gasteiger partial charge in [-0.25, -0.2) is 19.6 Å². The lowest BCUT2D eigenvalue weighted by molar-refractivity contribution is -0.135. The Morgan fingerprint density at radius 3 is 1.34 bits per heavy atom. The average Bonchev–Trinajstić information content (AvgIpc) is 4.04. The topological polar surface area (TPSA) is 175 Å². The molecular formula is C44H50N8O6. The van der Waals surface area contributed by atoms with Gasteiger partial charge < -0.3 is 39.9 Å². The molecule has 14 heteroatoms. The number of nitrogens with one attached hydrogen (secondary N) is 4. The second-order valence-electron chi connectivity index (χ2n) is 15.3. The number of hydrogen-bond donors (Lipinski definition) is 4. The maximum absolute atomic E-state index is 13.6. The first kappa shape index (κ1) is 41.0. The molecule has 58 heavy (non-hydrogen) atoms. The minimum absolute atomic E-state index is 0.141. The number of methoxy groups -OCH3 is 2. The molecule has 4 amide bonds. The highest BCUT2D eigenvalue weighted by Gasteiger charge is 2.38. The van der Waals surface area contributed by atoms with E-state index >= 15 is 0 Å². The highest BCUT2D eigenvalue weighted by Crippen LogP contribution is 2.33. The normalized spacial score (nSPS) is 17.3. The highest BCUT2D eigenvalue weighted by molar-refractivity contribution is 5.88. The molecule has 302 valence electrons. The zero-order chi connectivity index (χ0) is 41.7. The van der Waals surface area contributed by atoms with Crippen molar-refractivity contribution in [3.63, 3.8) is 0 Å². The second kappa shape index (κ2) is 17.7. The maximum Gasteiger partial charge on any atom is 0.407 e. The molecule has 4 heterocycles. The number of benzene rings is 2. The van der Waals surface area contributed by atoms with Crippen LogP contribution < -0.4 is 10.6 Å². The highest BCUT2D eigenvalue weighted by atomic mass is 16.5. The van der Waals surface area contributed by atoms with E-state index in [0.29, 0.717) is 24.7 Å². The van der Waals surface area contributed by atoms with E-state index in [4.69, 9.17) is 9.47 Å². The van der Waals surface area contributed by atoms with Crippen LogP contribution in [0, 0.1) is 23.7 Å². The molecule has 2 aliphatic rings. The van der Waals surface area contributed by atoms with Crippen LogP contribution in [0.3, 0.4) is 0 Å². The van der Waals surface area contributed by atoms with Gasteiger partial charge in [-0.05, 0) is 61.1 Å². The molecule has 0 aliphatic carbocycles. The zero-order valence-electron chi connectivity index (χ0n) is 34.0. The first-order valence-electron chi connectivity index (χ1n) is 19.2. The minimum Gasteiger partial charge on any atom is -0.453 e. The first-order chi connectivity index (χ1) is 27.8. The molecular weight excluding hydrogens is 737 g/mol. The summed E-state index contributed by atoms with van der Waals surface area (Å²) < 4.78 is 9.51. The van der Waals surface area contributed by atoms with Gasteiger partial charge in [0.15, 0.2) is 0 Å². The summed E-state index contributed by atoms with van der Waals surface area (Å²) in [7, 11) is 2.55. The quantitative estimate of drug-likeness (QED) is 0.107. The van der Waals surface area contributed by atoms with Crippen molar-refractivity contribution in [3.05, 3.63) is 107 Å². The predicted octanol–water partition coefficient (Wildman–Crippen LogP) is 6.29. The molecule has 4 atom stereocenters. The zero-order valence-corrected chi connectivity index (χ0v) is 34.0. The Balaban J connectivity index is 1.10. The molecule has 0 radical (unpaired) electrons. The number of hydrogen-bond acceptors (Lipinski definition) is 8. The minimum atomic E-state index is -0.737. The van der Waals surface area contributed by atoms with E-state index < -0.39 is 36.4 Å². The van der Waals surface area contributed by atoms with Crippen LogP contribution in [-0.4, -0.2) is 93.1 Å². The van der Waals surface area contributed by atoms with Crippen LogP contribution >= 0.6 is 0 Å². The van der Waals surface area contributed by atoms with Gasteiger partial charge >= 0.3 is 12.2 Å². The van der Waals surface area contributed by atoms with Crippen molar-refractivity contribution in [2.45, 2.75) is 65.7 Å². The number of rotatable bonds is 10. The number of alkyl carbamates (subject to hydrolysis) is 2. The number of aromatic amines is 2. The number of aromatic nitrogens is 4. The Labute approximate surface area is 338 Å². The standard InChI is InChI=1S/C44H50N8O6/c1-25(2)37(49-43(55)57-7)41(53)51-23-27(5)19-35(51)39-45-21-33(47-39)31-15-11-29(12-16-31)9-10-30-13-17-32(18-14-30)34-22-46-40(48-34)36-20-28(6)24-52(36)42(54)38(26(3)4)50-44(56)58-8/h11-22,25-26,35-38H,23-24H2,1-8H3,(H,45,47)(H,46,48)(H,49,55)(H,50,56). The Bertz CT molecular complexity index is 2120. The number of ether oxygens (including phenoxy) is 2. The average molecular weight is 787 g/mol. The Morgan fingerprint density at radius 2 is 1.02 bits per heavy atom. The SMILES string of the molecule is COC(=O)NC(C(=O)N1CC(C)=CC1c1ncc(-c2ccc(C#Cc3ccc(-c4cnc(C5C=C(C)CN5C(=O)C(NC(=O)OC)C(C)C)[nH]4)cc3)cc2)[nH]1)C(C)C. The van der Waals surface area contributed by atoms with E-state index in [-0.39, 0.29) is 23.7 Å². The fourth-order valence-corrected chi connectivity index (χ4v) is 7.08. The Morgan fingerprint density at radius 1 is 0.655 bits per heavy atom. The summed E-state index contributed by atoms with van der Waals surface area (Å²) in [4.78, 5) is 70.7.